The third kappa shape index (κ3) is 1.37. The number of alkyl halides is 2. The van der Waals surface area contributed by atoms with E-state index in [1.54, 1.807) is 0 Å². The first-order valence-electron chi connectivity index (χ1n) is 4.42. The van der Waals surface area contributed by atoms with E-state index in [0.717, 1.165) is 0 Å². The lowest BCUT2D eigenvalue weighted by atomic mass is 9.64. The van der Waals surface area contributed by atoms with Gasteiger partial charge in [-0.2, -0.15) is 0 Å². The van der Waals surface area contributed by atoms with Crippen molar-refractivity contribution < 1.29 is 8.78 Å². The Labute approximate surface area is 80.4 Å². The maximum Gasteiger partial charge on any atom is 0.250 e. The summed E-state index contributed by atoms with van der Waals surface area (Å²) in [6.45, 7) is 0.196. The Balaban J connectivity index is 2.25. The van der Waals surface area contributed by atoms with Crippen LogP contribution in [-0.2, 0) is 5.41 Å². The molecule has 0 bridgehead atoms. The molecule has 1 aliphatic carbocycles. The molecule has 0 spiro atoms. The minimum Gasteiger partial charge on any atom is -0.330 e. The van der Waals surface area contributed by atoms with Gasteiger partial charge in [-0.15, -0.1) is 0 Å². The van der Waals surface area contributed by atoms with Gasteiger partial charge in [0.25, 0.3) is 0 Å². The van der Waals surface area contributed by atoms with Crippen LogP contribution >= 0.6 is 0 Å². The van der Waals surface area contributed by atoms with Crippen LogP contribution in [0.15, 0.2) is 18.6 Å². The molecule has 0 atom stereocenters. The summed E-state index contributed by atoms with van der Waals surface area (Å²) in [5.41, 5.74) is 5.44. The van der Waals surface area contributed by atoms with Gasteiger partial charge in [-0.1, -0.05) is 0 Å². The van der Waals surface area contributed by atoms with Crippen LogP contribution in [0.25, 0.3) is 0 Å². The molecule has 5 heteroatoms. The van der Waals surface area contributed by atoms with Gasteiger partial charge in [0.2, 0.25) is 5.92 Å². The Morgan fingerprint density at radius 2 is 2.07 bits per heavy atom. The van der Waals surface area contributed by atoms with Crippen LogP contribution in [0.2, 0.25) is 0 Å². The molecule has 76 valence electrons. The summed E-state index contributed by atoms with van der Waals surface area (Å²) >= 11 is 0. The van der Waals surface area contributed by atoms with Crippen LogP contribution in [0.4, 0.5) is 8.78 Å². The van der Waals surface area contributed by atoms with Gasteiger partial charge >= 0.3 is 0 Å². The van der Waals surface area contributed by atoms with Crippen molar-refractivity contribution in [3.8, 4) is 0 Å². The van der Waals surface area contributed by atoms with Crippen molar-refractivity contribution in [3.05, 3.63) is 24.3 Å². The van der Waals surface area contributed by atoms with Crippen LogP contribution < -0.4 is 5.73 Å². The average Bonchev–Trinajstić information content (AvgIpc) is 2.15. The monoisotopic (exact) mass is 199 g/mol. The molecule has 1 aliphatic rings. The smallest absolute Gasteiger partial charge is 0.250 e. The topological polar surface area (TPSA) is 51.8 Å². The van der Waals surface area contributed by atoms with Gasteiger partial charge < -0.3 is 5.73 Å². The lowest BCUT2D eigenvalue weighted by Crippen LogP contribution is -2.54. The zero-order valence-corrected chi connectivity index (χ0v) is 7.58. The van der Waals surface area contributed by atoms with E-state index in [0.29, 0.717) is 5.69 Å². The minimum atomic E-state index is -2.59. The second-order valence-electron chi connectivity index (χ2n) is 3.78. The molecule has 0 saturated heterocycles. The summed E-state index contributed by atoms with van der Waals surface area (Å²) in [4.78, 5) is 7.90. The molecule has 1 heterocycles. The van der Waals surface area contributed by atoms with Gasteiger partial charge in [-0.3, -0.25) is 9.97 Å². The highest BCUT2D eigenvalue weighted by Gasteiger charge is 2.57. The SMILES string of the molecule is NCC1(c2cnccn2)CC(F)(F)C1. The number of nitrogens with zero attached hydrogens (tertiary/aromatic N) is 2. The van der Waals surface area contributed by atoms with Gasteiger partial charge in [0.05, 0.1) is 5.69 Å². The summed E-state index contributed by atoms with van der Waals surface area (Å²) in [5.74, 6) is -2.59. The number of halogens is 2. The third-order valence-corrected chi connectivity index (χ3v) is 2.69. The van der Waals surface area contributed by atoms with E-state index in [2.05, 4.69) is 9.97 Å². The van der Waals surface area contributed by atoms with Crippen LogP contribution in [-0.4, -0.2) is 22.4 Å². The molecule has 1 aromatic heterocycles. The van der Waals surface area contributed by atoms with Crippen molar-refractivity contribution in [2.24, 2.45) is 5.73 Å². The average molecular weight is 199 g/mol. The van der Waals surface area contributed by atoms with Gasteiger partial charge in [0.1, 0.15) is 0 Å². The van der Waals surface area contributed by atoms with Gasteiger partial charge in [-0.25, -0.2) is 8.78 Å². The van der Waals surface area contributed by atoms with Crippen molar-refractivity contribution >= 4 is 0 Å². The zero-order valence-electron chi connectivity index (χ0n) is 7.58. The molecular weight excluding hydrogens is 188 g/mol. The molecule has 0 aromatic carbocycles. The first kappa shape index (κ1) is 9.45. The highest BCUT2D eigenvalue weighted by molar-refractivity contribution is 5.22. The van der Waals surface area contributed by atoms with E-state index < -0.39 is 11.3 Å². The molecule has 0 aliphatic heterocycles. The Morgan fingerprint density at radius 3 is 2.50 bits per heavy atom. The van der Waals surface area contributed by atoms with Gasteiger partial charge in [0.15, 0.2) is 0 Å². The highest BCUT2D eigenvalue weighted by atomic mass is 19.3. The van der Waals surface area contributed by atoms with Crippen LogP contribution in [0.5, 0.6) is 0 Å². The van der Waals surface area contributed by atoms with E-state index in [4.69, 9.17) is 5.73 Å². The van der Waals surface area contributed by atoms with Crippen molar-refractivity contribution in [1.82, 2.24) is 9.97 Å². The van der Waals surface area contributed by atoms with E-state index in [-0.39, 0.29) is 19.4 Å². The summed E-state index contributed by atoms with van der Waals surface area (Å²) in [6.07, 6.45) is 4.11. The highest BCUT2D eigenvalue weighted by Crippen LogP contribution is 2.51. The number of hydrogen-bond acceptors (Lipinski definition) is 3. The molecule has 14 heavy (non-hydrogen) atoms. The summed E-state index contributed by atoms with van der Waals surface area (Å²) in [5, 5.41) is 0. The number of nitrogens with two attached hydrogens (primary N) is 1. The van der Waals surface area contributed by atoms with Crippen LogP contribution in [0, 0.1) is 0 Å². The Hall–Kier alpha value is -1.10. The summed E-state index contributed by atoms with van der Waals surface area (Å²) < 4.78 is 25.6. The second kappa shape index (κ2) is 2.95. The van der Waals surface area contributed by atoms with E-state index in [1.807, 2.05) is 0 Å². The zero-order chi connectivity index (χ0) is 10.2. The van der Waals surface area contributed by atoms with Gasteiger partial charge in [0, 0.05) is 43.4 Å². The lowest BCUT2D eigenvalue weighted by molar-refractivity contribution is -0.125. The Morgan fingerprint density at radius 1 is 1.36 bits per heavy atom. The molecule has 0 amide bonds. The van der Waals surface area contributed by atoms with Crippen molar-refractivity contribution in [3.63, 3.8) is 0 Å². The molecule has 1 saturated carbocycles. The molecule has 0 unspecified atom stereocenters. The van der Waals surface area contributed by atoms with Crippen molar-refractivity contribution in [1.29, 1.82) is 0 Å². The maximum atomic E-state index is 12.8. The predicted octanol–water partition coefficient (Wildman–Crippen LogP) is 1.10. The lowest BCUT2D eigenvalue weighted by Gasteiger charge is -2.45. The second-order valence-corrected chi connectivity index (χ2v) is 3.78. The molecular formula is C9H11F2N3. The predicted molar refractivity (Wildman–Crippen MR) is 46.9 cm³/mol. The third-order valence-electron chi connectivity index (χ3n) is 2.69. The molecule has 1 aromatic rings. The molecule has 3 nitrogen and oxygen atoms in total. The Kier molecular flexibility index (Phi) is 1.99. The number of rotatable bonds is 2. The largest absolute Gasteiger partial charge is 0.330 e. The maximum absolute atomic E-state index is 12.8. The fourth-order valence-electron chi connectivity index (χ4n) is 1.94. The van der Waals surface area contributed by atoms with E-state index >= 15 is 0 Å². The van der Waals surface area contributed by atoms with Crippen LogP contribution in [0.1, 0.15) is 18.5 Å². The summed E-state index contributed by atoms with van der Waals surface area (Å²) in [6, 6.07) is 0. The summed E-state index contributed by atoms with van der Waals surface area (Å²) in [7, 11) is 0. The first-order chi connectivity index (χ1) is 6.58. The van der Waals surface area contributed by atoms with E-state index in [1.165, 1.54) is 18.6 Å². The minimum absolute atomic E-state index is 0.196. The van der Waals surface area contributed by atoms with Crippen LogP contribution in [0.3, 0.4) is 0 Å². The van der Waals surface area contributed by atoms with Gasteiger partial charge in [-0.05, 0) is 0 Å². The number of aromatic nitrogens is 2. The fourth-order valence-corrected chi connectivity index (χ4v) is 1.94. The molecule has 1 fully saturated rings. The quantitative estimate of drug-likeness (QED) is 0.776. The number of hydrogen-bond donors (Lipinski definition) is 1. The molecule has 2 rings (SSSR count). The molecule has 0 radical (unpaired) electrons. The normalized spacial score (nSPS) is 22.8. The first-order valence-corrected chi connectivity index (χ1v) is 4.42. The van der Waals surface area contributed by atoms with Crippen molar-refractivity contribution in [2.75, 3.05) is 6.54 Å². The fraction of sp³-hybridized carbons (Fsp3) is 0.556. The molecule has 2 N–H and O–H groups in total. The Bertz CT molecular complexity index is 318. The standard InChI is InChI=1S/C9H11F2N3/c10-9(11)4-8(5-9,6-12)7-3-13-1-2-14-7/h1-3H,4-6,12H2. The van der Waals surface area contributed by atoms with Crippen molar-refractivity contribution in [2.45, 2.75) is 24.2 Å². The van der Waals surface area contributed by atoms with E-state index in [9.17, 15) is 8.78 Å².